The number of carbonyl (C=O) groups excluding carboxylic acids is 2. The Hall–Kier alpha value is -1.26. The lowest BCUT2D eigenvalue weighted by Crippen LogP contribution is -2.50. The molecule has 0 aromatic rings. The molecule has 19 heavy (non-hydrogen) atoms. The van der Waals surface area contributed by atoms with E-state index in [4.69, 9.17) is 4.74 Å². The molecule has 1 aliphatic heterocycles. The Morgan fingerprint density at radius 3 is 2.05 bits per heavy atom. The predicted octanol–water partition coefficient (Wildman–Crippen LogP) is 1.02. The second kappa shape index (κ2) is 5.02. The molecular formula is C14H22NO4-. The van der Waals surface area contributed by atoms with Gasteiger partial charge >= 0.3 is 6.09 Å². The first kappa shape index (κ1) is 14.2. The highest BCUT2D eigenvalue weighted by molar-refractivity contribution is 5.69. The molecule has 1 heterocycles. The number of likely N-dealkylation sites (tertiary alicyclic amines) is 1. The van der Waals surface area contributed by atoms with Crippen LogP contribution < -0.4 is 5.11 Å². The number of fused-ring (bicyclic) bond motifs is 2. The van der Waals surface area contributed by atoms with Gasteiger partial charge in [0.15, 0.2) is 0 Å². The van der Waals surface area contributed by atoms with E-state index >= 15 is 0 Å². The van der Waals surface area contributed by atoms with Crippen molar-refractivity contribution in [3.05, 3.63) is 0 Å². The van der Waals surface area contributed by atoms with E-state index in [1.165, 1.54) is 0 Å². The van der Waals surface area contributed by atoms with Gasteiger partial charge in [-0.05, 0) is 57.8 Å². The summed E-state index contributed by atoms with van der Waals surface area (Å²) in [7, 11) is 0. The van der Waals surface area contributed by atoms with Gasteiger partial charge in [-0.3, -0.25) is 0 Å². The summed E-state index contributed by atoms with van der Waals surface area (Å²) in [6, 6.07) is 0. The lowest BCUT2D eigenvalue weighted by atomic mass is 9.72. The molecule has 1 aliphatic carbocycles. The molecule has 0 N–H and O–H groups in total. The fourth-order valence-electron chi connectivity index (χ4n) is 3.23. The van der Waals surface area contributed by atoms with Crippen LogP contribution in [0.5, 0.6) is 0 Å². The predicted molar refractivity (Wildman–Crippen MR) is 67.1 cm³/mol. The number of ether oxygens (including phenoxy) is 1. The van der Waals surface area contributed by atoms with E-state index in [0.717, 1.165) is 6.42 Å². The van der Waals surface area contributed by atoms with E-state index in [2.05, 4.69) is 0 Å². The van der Waals surface area contributed by atoms with Gasteiger partial charge in [-0.15, -0.1) is 0 Å². The quantitative estimate of drug-likeness (QED) is 0.712. The number of hydrogen-bond donors (Lipinski definition) is 0. The van der Waals surface area contributed by atoms with Gasteiger partial charge in [-0.2, -0.15) is 0 Å². The highest BCUT2D eigenvalue weighted by Crippen LogP contribution is 2.38. The second-order valence-electron chi connectivity index (χ2n) is 6.84. The molecule has 1 amide bonds. The van der Waals surface area contributed by atoms with Gasteiger partial charge in [0.25, 0.3) is 0 Å². The SMILES string of the molecule is CC(C)(C)OC(=O)N1CC2CC(CC(C(=O)[O-])C2)C1. The molecule has 5 heteroatoms. The van der Waals surface area contributed by atoms with Gasteiger partial charge in [-0.1, -0.05) is 0 Å². The summed E-state index contributed by atoms with van der Waals surface area (Å²) in [5, 5.41) is 11.0. The van der Waals surface area contributed by atoms with Crippen LogP contribution in [-0.4, -0.2) is 35.7 Å². The molecule has 2 aliphatic rings. The Bertz CT molecular complexity index is 360. The van der Waals surface area contributed by atoms with Crippen molar-refractivity contribution in [3.63, 3.8) is 0 Å². The Kier molecular flexibility index (Phi) is 3.74. The van der Waals surface area contributed by atoms with Crippen molar-refractivity contribution < 1.29 is 19.4 Å². The number of carboxylic acids is 1. The average Bonchev–Trinajstić information content (AvgIpc) is 2.25. The first-order chi connectivity index (χ1) is 8.74. The number of nitrogens with zero attached hydrogens (tertiary/aromatic N) is 1. The molecule has 2 atom stereocenters. The zero-order valence-corrected chi connectivity index (χ0v) is 11.8. The van der Waals surface area contributed by atoms with Gasteiger partial charge in [0, 0.05) is 19.1 Å². The Morgan fingerprint density at radius 1 is 1.11 bits per heavy atom. The molecule has 1 saturated heterocycles. The van der Waals surface area contributed by atoms with E-state index in [9.17, 15) is 14.7 Å². The van der Waals surface area contributed by atoms with Gasteiger partial charge < -0.3 is 19.5 Å². The fourth-order valence-corrected chi connectivity index (χ4v) is 3.23. The minimum Gasteiger partial charge on any atom is -0.550 e. The van der Waals surface area contributed by atoms with Gasteiger partial charge in [-0.25, -0.2) is 4.79 Å². The van der Waals surface area contributed by atoms with E-state index in [1.54, 1.807) is 4.90 Å². The summed E-state index contributed by atoms with van der Waals surface area (Å²) in [6.07, 6.45) is 1.98. The normalized spacial score (nSPS) is 30.9. The van der Waals surface area contributed by atoms with Crippen molar-refractivity contribution in [3.8, 4) is 0 Å². The maximum atomic E-state index is 12.0. The largest absolute Gasteiger partial charge is 0.550 e. The van der Waals surface area contributed by atoms with Crippen LogP contribution in [0.3, 0.4) is 0 Å². The molecule has 2 bridgehead atoms. The third-order valence-electron chi connectivity index (χ3n) is 3.84. The third kappa shape index (κ3) is 3.61. The van der Waals surface area contributed by atoms with Crippen LogP contribution >= 0.6 is 0 Å². The van der Waals surface area contributed by atoms with Crippen LogP contribution in [0.2, 0.25) is 0 Å². The Labute approximate surface area is 113 Å². The number of amides is 1. The molecule has 0 aromatic carbocycles. The maximum absolute atomic E-state index is 12.0. The monoisotopic (exact) mass is 268 g/mol. The number of rotatable bonds is 1. The molecule has 5 nitrogen and oxygen atoms in total. The van der Waals surface area contributed by atoms with Gasteiger partial charge in [0.1, 0.15) is 5.60 Å². The molecule has 2 rings (SSSR count). The Morgan fingerprint density at radius 2 is 1.63 bits per heavy atom. The fraction of sp³-hybridized carbons (Fsp3) is 0.857. The van der Waals surface area contributed by atoms with Crippen LogP contribution in [0.25, 0.3) is 0 Å². The Balaban J connectivity index is 1.95. The molecule has 2 fully saturated rings. The molecule has 108 valence electrons. The maximum Gasteiger partial charge on any atom is 0.410 e. The van der Waals surface area contributed by atoms with Crippen LogP contribution in [0.4, 0.5) is 4.79 Å². The van der Waals surface area contributed by atoms with E-state index < -0.39 is 11.6 Å². The first-order valence-corrected chi connectivity index (χ1v) is 6.93. The number of carboxylic acid groups (broad SMARTS) is 1. The smallest absolute Gasteiger partial charge is 0.410 e. The summed E-state index contributed by atoms with van der Waals surface area (Å²) >= 11 is 0. The van der Waals surface area contributed by atoms with Gasteiger partial charge in [0.05, 0.1) is 0 Å². The molecule has 2 unspecified atom stereocenters. The van der Waals surface area contributed by atoms with Crippen molar-refractivity contribution in [1.29, 1.82) is 0 Å². The van der Waals surface area contributed by atoms with Crippen LogP contribution in [-0.2, 0) is 9.53 Å². The van der Waals surface area contributed by atoms with E-state index in [-0.39, 0.29) is 23.8 Å². The molecule has 0 aromatic heterocycles. The molecule has 0 radical (unpaired) electrons. The summed E-state index contributed by atoms with van der Waals surface area (Å²) < 4.78 is 5.38. The van der Waals surface area contributed by atoms with Crippen molar-refractivity contribution in [2.45, 2.75) is 45.6 Å². The zero-order valence-electron chi connectivity index (χ0n) is 11.8. The summed E-state index contributed by atoms with van der Waals surface area (Å²) in [4.78, 5) is 24.7. The van der Waals surface area contributed by atoms with E-state index in [1.807, 2.05) is 20.8 Å². The lowest BCUT2D eigenvalue weighted by Gasteiger charge is -2.44. The van der Waals surface area contributed by atoms with Crippen molar-refractivity contribution in [2.24, 2.45) is 17.8 Å². The lowest BCUT2D eigenvalue weighted by molar-refractivity contribution is -0.313. The van der Waals surface area contributed by atoms with Crippen molar-refractivity contribution >= 4 is 12.1 Å². The number of carbonyl (C=O) groups is 2. The van der Waals surface area contributed by atoms with Gasteiger partial charge in [0.2, 0.25) is 0 Å². The molecule has 0 spiro atoms. The summed E-state index contributed by atoms with van der Waals surface area (Å²) in [6.45, 7) is 6.76. The number of piperidine rings is 1. The van der Waals surface area contributed by atoms with Crippen molar-refractivity contribution in [1.82, 2.24) is 4.90 Å². The zero-order chi connectivity index (χ0) is 14.2. The van der Waals surface area contributed by atoms with Crippen LogP contribution in [0.1, 0.15) is 40.0 Å². The third-order valence-corrected chi connectivity index (χ3v) is 3.84. The number of hydrogen-bond acceptors (Lipinski definition) is 4. The topological polar surface area (TPSA) is 69.7 Å². The molecule has 1 saturated carbocycles. The minimum absolute atomic E-state index is 0.267. The molecular weight excluding hydrogens is 246 g/mol. The highest BCUT2D eigenvalue weighted by Gasteiger charge is 2.38. The van der Waals surface area contributed by atoms with Crippen molar-refractivity contribution in [2.75, 3.05) is 13.1 Å². The average molecular weight is 268 g/mol. The van der Waals surface area contributed by atoms with Crippen LogP contribution in [0.15, 0.2) is 0 Å². The van der Waals surface area contributed by atoms with Crippen LogP contribution in [0, 0.1) is 17.8 Å². The highest BCUT2D eigenvalue weighted by atomic mass is 16.6. The second-order valence-corrected chi connectivity index (χ2v) is 6.84. The minimum atomic E-state index is -0.944. The van der Waals surface area contributed by atoms with E-state index in [0.29, 0.717) is 25.9 Å². The standard InChI is InChI=1S/C14H23NO4/c1-14(2,3)19-13(18)15-7-9-4-10(8-15)6-11(5-9)12(16)17/h9-11H,4-8H2,1-3H3,(H,16,17)/p-1. The summed E-state index contributed by atoms with van der Waals surface area (Å²) in [5.41, 5.74) is -0.489. The summed E-state index contributed by atoms with van der Waals surface area (Å²) in [5.74, 6) is -0.754. The first-order valence-electron chi connectivity index (χ1n) is 6.93. The number of aliphatic carboxylic acids is 1.